The number of hydrogen-bond donors (Lipinski definition) is 1. The summed E-state index contributed by atoms with van der Waals surface area (Å²) >= 11 is 7.48. The summed E-state index contributed by atoms with van der Waals surface area (Å²) in [6.07, 6.45) is -3.56. The molecule has 0 aliphatic carbocycles. The van der Waals surface area contributed by atoms with E-state index >= 15 is 0 Å². The van der Waals surface area contributed by atoms with E-state index < -0.39 is 17.8 Å². The van der Waals surface area contributed by atoms with Gasteiger partial charge in [0.2, 0.25) is 0 Å². The molecule has 0 fully saturated rings. The molecule has 1 heterocycles. The van der Waals surface area contributed by atoms with E-state index in [9.17, 15) is 13.2 Å². The highest BCUT2D eigenvalue weighted by molar-refractivity contribution is 7.10. The zero-order chi connectivity index (χ0) is 15.5. The number of alkyl halides is 3. The van der Waals surface area contributed by atoms with Gasteiger partial charge in [0, 0.05) is 4.88 Å². The van der Waals surface area contributed by atoms with Crippen molar-refractivity contribution in [2.24, 2.45) is 0 Å². The highest BCUT2D eigenvalue weighted by Crippen LogP contribution is 2.39. The normalized spacial score (nSPS) is 13.4. The highest BCUT2D eigenvalue weighted by atomic mass is 35.5. The molecule has 0 bridgehead atoms. The Balaban J connectivity index is 2.50. The predicted octanol–water partition coefficient (Wildman–Crippen LogP) is 5.51. The van der Waals surface area contributed by atoms with Crippen molar-refractivity contribution in [3.05, 3.63) is 56.7 Å². The van der Waals surface area contributed by atoms with Crippen LogP contribution in [0.1, 0.15) is 35.4 Å². The standard InChI is InChI=1S/C15H15ClF3NS/c1-2-8-20-13(14-12(16)7-9-21-14)10-5-3-4-6-11(10)15(17,18)19/h3-7,9,13,20H,2,8H2,1H3. The summed E-state index contributed by atoms with van der Waals surface area (Å²) < 4.78 is 39.6. The third-order valence-electron chi connectivity index (χ3n) is 3.08. The van der Waals surface area contributed by atoms with Crippen LogP contribution in [0, 0.1) is 0 Å². The maximum Gasteiger partial charge on any atom is 0.416 e. The molecule has 114 valence electrons. The Morgan fingerprint density at radius 1 is 1.24 bits per heavy atom. The van der Waals surface area contributed by atoms with Crippen LogP contribution >= 0.6 is 22.9 Å². The molecule has 0 spiro atoms. The van der Waals surface area contributed by atoms with Gasteiger partial charge in [0.25, 0.3) is 0 Å². The fourth-order valence-electron chi connectivity index (χ4n) is 2.15. The minimum atomic E-state index is -4.38. The van der Waals surface area contributed by atoms with Crippen LogP contribution in [0.4, 0.5) is 13.2 Å². The summed E-state index contributed by atoms with van der Waals surface area (Å²) in [6.45, 7) is 2.58. The maximum atomic E-state index is 13.2. The van der Waals surface area contributed by atoms with E-state index in [1.54, 1.807) is 17.5 Å². The van der Waals surface area contributed by atoms with Gasteiger partial charge in [-0.25, -0.2) is 0 Å². The molecule has 0 aliphatic heterocycles. The van der Waals surface area contributed by atoms with Gasteiger partial charge in [-0.3, -0.25) is 0 Å². The maximum absolute atomic E-state index is 13.2. The molecule has 0 saturated carbocycles. The van der Waals surface area contributed by atoms with Crippen LogP contribution in [0.5, 0.6) is 0 Å². The number of rotatable bonds is 5. The predicted molar refractivity (Wildman–Crippen MR) is 80.9 cm³/mol. The molecule has 0 saturated heterocycles. The molecule has 1 aromatic carbocycles. The first-order valence-corrected chi connectivity index (χ1v) is 7.83. The Bertz CT molecular complexity index is 595. The van der Waals surface area contributed by atoms with Crippen molar-refractivity contribution in [2.75, 3.05) is 6.54 Å². The zero-order valence-electron chi connectivity index (χ0n) is 11.4. The third-order valence-corrected chi connectivity index (χ3v) is 4.51. The lowest BCUT2D eigenvalue weighted by molar-refractivity contribution is -0.138. The van der Waals surface area contributed by atoms with Crippen LogP contribution in [-0.4, -0.2) is 6.54 Å². The fourth-order valence-corrected chi connectivity index (χ4v) is 3.41. The minimum absolute atomic E-state index is 0.211. The van der Waals surface area contributed by atoms with Gasteiger partial charge >= 0.3 is 6.18 Å². The lowest BCUT2D eigenvalue weighted by atomic mass is 9.98. The zero-order valence-corrected chi connectivity index (χ0v) is 12.9. The van der Waals surface area contributed by atoms with Gasteiger partial charge < -0.3 is 5.32 Å². The van der Waals surface area contributed by atoms with Crippen molar-refractivity contribution < 1.29 is 13.2 Å². The minimum Gasteiger partial charge on any atom is -0.306 e. The second-order valence-corrected chi connectivity index (χ2v) is 5.96. The van der Waals surface area contributed by atoms with Crippen molar-refractivity contribution >= 4 is 22.9 Å². The van der Waals surface area contributed by atoms with E-state index in [0.29, 0.717) is 16.4 Å². The Hall–Kier alpha value is -1.04. The quantitative estimate of drug-likeness (QED) is 0.760. The SMILES string of the molecule is CCCNC(c1ccccc1C(F)(F)F)c1sccc1Cl. The summed E-state index contributed by atoms with van der Waals surface area (Å²) in [4.78, 5) is 0.710. The molecule has 0 aliphatic rings. The summed E-state index contributed by atoms with van der Waals surface area (Å²) in [7, 11) is 0. The smallest absolute Gasteiger partial charge is 0.306 e. The lowest BCUT2D eigenvalue weighted by Gasteiger charge is -2.22. The summed E-state index contributed by atoms with van der Waals surface area (Å²) in [5.41, 5.74) is -0.411. The van der Waals surface area contributed by atoms with Gasteiger partial charge in [-0.1, -0.05) is 36.7 Å². The van der Waals surface area contributed by atoms with Crippen LogP contribution in [0.3, 0.4) is 0 Å². The molecule has 1 atom stereocenters. The molecule has 2 rings (SSSR count). The molecule has 2 aromatic rings. The van der Waals surface area contributed by atoms with Gasteiger partial charge in [0.05, 0.1) is 16.6 Å². The molecule has 21 heavy (non-hydrogen) atoms. The Labute approximate surface area is 130 Å². The fraction of sp³-hybridized carbons (Fsp3) is 0.333. The number of thiophene rings is 1. The second kappa shape index (κ2) is 6.81. The molecule has 1 nitrogen and oxygen atoms in total. The Kier molecular flexibility index (Phi) is 5.30. The van der Waals surface area contributed by atoms with E-state index in [2.05, 4.69) is 5.32 Å². The van der Waals surface area contributed by atoms with Gasteiger partial charge in [-0.2, -0.15) is 13.2 Å². The van der Waals surface area contributed by atoms with Gasteiger partial charge in [0.1, 0.15) is 0 Å². The largest absolute Gasteiger partial charge is 0.416 e. The van der Waals surface area contributed by atoms with E-state index in [4.69, 9.17) is 11.6 Å². The number of benzene rings is 1. The van der Waals surface area contributed by atoms with Gasteiger partial charge in [0.15, 0.2) is 0 Å². The highest BCUT2D eigenvalue weighted by Gasteiger charge is 2.35. The number of hydrogen-bond acceptors (Lipinski definition) is 2. The molecule has 1 aromatic heterocycles. The van der Waals surface area contributed by atoms with Crippen molar-refractivity contribution in [1.82, 2.24) is 5.32 Å². The van der Waals surface area contributed by atoms with Crippen molar-refractivity contribution in [3.8, 4) is 0 Å². The average Bonchev–Trinajstić information content (AvgIpc) is 2.85. The summed E-state index contributed by atoms with van der Waals surface area (Å²) in [5.74, 6) is 0. The first kappa shape index (κ1) is 16.3. The van der Waals surface area contributed by atoms with Crippen LogP contribution in [0.25, 0.3) is 0 Å². The molecular weight excluding hydrogens is 319 g/mol. The van der Waals surface area contributed by atoms with Crippen molar-refractivity contribution in [3.63, 3.8) is 0 Å². The lowest BCUT2D eigenvalue weighted by Crippen LogP contribution is -2.25. The molecule has 0 radical (unpaired) electrons. The third kappa shape index (κ3) is 3.78. The first-order chi connectivity index (χ1) is 9.95. The van der Waals surface area contributed by atoms with Crippen LogP contribution in [0.2, 0.25) is 5.02 Å². The number of nitrogens with one attached hydrogen (secondary N) is 1. The van der Waals surface area contributed by atoms with Crippen LogP contribution < -0.4 is 5.32 Å². The van der Waals surface area contributed by atoms with Crippen molar-refractivity contribution in [2.45, 2.75) is 25.6 Å². The van der Waals surface area contributed by atoms with E-state index in [1.165, 1.54) is 23.5 Å². The average molecular weight is 334 g/mol. The number of halogens is 4. The Morgan fingerprint density at radius 3 is 2.52 bits per heavy atom. The molecule has 1 N–H and O–H groups in total. The first-order valence-electron chi connectivity index (χ1n) is 6.57. The summed E-state index contributed by atoms with van der Waals surface area (Å²) in [6, 6.07) is 6.80. The van der Waals surface area contributed by atoms with E-state index in [0.717, 1.165) is 12.5 Å². The molecule has 6 heteroatoms. The van der Waals surface area contributed by atoms with Crippen LogP contribution in [-0.2, 0) is 6.18 Å². The molecule has 1 unspecified atom stereocenters. The second-order valence-electron chi connectivity index (χ2n) is 4.60. The van der Waals surface area contributed by atoms with Gasteiger partial charge in [-0.05, 0) is 36.0 Å². The van der Waals surface area contributed by atoms with Crippen LogP contribution in [0.15, 0.2) is 35.7 Å². The molecule has 0 amide bonds. The summed E-state index contributed by atoms with van der Waals surface area (Å²) in [5, 5.41) is 5.44. The monoisotopic (exact) mass is 333 g/mol. The topological polar surface area (TPSA) is 12.0 Å². The van der Waals surface area contributed by atoms with Gasteiger partial charge in [-0.15, -0.1) is 11.3 Å². The Morgan fingerprint density at radius 2 is 1.95 bits per heavy atom. The molecular formula is C15H15ClF3NS. The van der Waals surface area contributed by atoms with Crippen molar-refractivity contribution in [1.29, 1.82) is 0 Å². The van der Waals surface area contributed by atoms with E-state index in [-0.39, 0.29) is 5.56 Å². The van der Waals surface area contributed by atoms with E-state index in [1.807, 2.05) is 6.92 Å².